The normalized spacial score (nSPS) is 15.8. The van der Waals surface area contributed by atoms with Gasteiger partial charge in [-0.15, -0.1) is 0 Å². The van der Waals surface area contributed by atoms with Crippen LogP contribution in [0.3, 0.4) is 0 Å². The van der Waals surface area contributed by atoms with E-state index in [9.17, 15) is 14.0 Å². The summed E-state index contributed by atoms with van der Waals surface area (Å²) in [5.74, 6) is -0.919. The summed E-state index contributed by atoms with van der Waals surface area (Å²) >= 11 is 5.61. The monoisotopic (exact) mass is 409 g/mol. The lowest BCUT2D eigenvalue weighted by atomic mass is 10.1. The molecule has 1 aromatic heterocycles. The van der Waals surface area contributed by atoms with E-state index in [-0.39, 0.29) is 23.3 Å². The molecule has 0 radical (unpaired) electrons. The van der Waals surface area contributed by atoms with E-state index in [4.69, 9.17) is 20.8 Å². The van der Waals surface area contributed by atoms with Crippen LogP contribution in [0.1, 0.15) is 17.6 Å². The molecule has 2 amide bonds. The molecule has 2 heterocycles. The average Bonchev–Trinajstić information content (AvgIpc) is 3.11. The largest absolute Gasteiger partial charge is 0.465 e. The van der Waals surface area contributed by atoms with E-state index in [0.29, 0.717) is 32.1 Å². The average molecular weight is 410 g/mol. The Morgan fingerprint density at radius 2 is 1.96 bits per heavy atom. The van der Waals surface area contributed by atoms with Crippen molar-refractivity contribution >= 4 is 29.1 Å². The standard InChI is InChI=1S/C19H21ClFN3O4/c1-12-2-5-17(28-12)16(24-6-8-27-9-7-24)11-22-18(25)19(26)23-13-3-4-14(20)15(21)10-13/h2-5,10,16H,6-9,11H2,1H3,(H,22,25)(H,23,26). The molecule has 1 aromatic carbocycles. The molecule has 7 nitrogen and oxygen atoms in total. The summed E-state index contributed by atoms with van der Waals surface area (Å²) in [6.45, 7) is 4.60. The van der Waals surface area contributed by atoms with Crippen molar-refractivity contribution in [2.24, 2.45) is 0 Å². The molecule has 0 spiro atoms. The number of anilines is 1. The molecule has 0 aliphatic carbocycles. The Balaban J connectivity index is 1.62. The highest BCUT2D eigenvalue weighted by Crippen LogP contribution is 2.23. The maximum absolute atomic E-state index is 13.5. The number of aryl methyl sites for hydroxylation is 1. The van der Waals surface area contributed by atoms with E-state index >= 15 is 0 Å². The maximum Gasteiger partial charge on any atom is 0.313 e. The minimum absolute atomic E-state index is 0.0652. The van der Waals surface area contributed by atoms with Crippen LogP contribution in [0.15, 0.2) is 34.7 Å². The summed E-state index contributed by atoms with van der Waals surface area (Å²) in [7, 11) is 0. The lowest BCUT2D eigenvalue weighted by molar-refractivity contribution is -0.136. The molecule has 9 heteroatoms. The van der Waals surface area contributed by atoms with Gasteiger partial charge in [0, 0.05) is 25.3 Å². The van der Waals surface area contributed by atoms with E-state index < -0.39 is 17.6 Å². The minimum atomic E-state index is -0.891. The van der Waals surface area contributed by atoms with Gasteiger partial charge in [-0.1, -0.05) is 11.6 Å². The third-order valence-corrected chi connectivity index (χ3v) is 4.72. The van der Waals surface area contributed by atoms with Crippen LogP contribution in [-0.4, -0.2) is 49.6 Å². The van der Waals surface area contributed by atoms with Crippen LogP contribution in [0.4, 0.5) is 10.1 Å². The van der Waals surface area contributed by atoms with Crippen molar-refractivity contribution in [2.45, 2.75) is 13.0 Å². The summed E-state index contributed by atoms with van der Waals surface area (Å²) in [6, 6.07) is 7.26. The summed E-state index contributed by atoms with van der Waals surface area (Å²) in [4.78, 5) is 26.4. The van der Waals surface area contributed by atoms with Gasteiger partial charge >= 0.3 is 11.8 Å². The smallest absolute Gasteiger partial charge is 0.313 e. The van der Waals surface area contributed by atoms with Crippen molar-refractivity contribution in [1.29, 1.82) is 0 Å². The van der Waals surface area contributed by atoms with Crippen molar-refractivity contribution in [3.05, 3.63) is 52.7 Å². The topological polar surface area (TPSA) is 83.8 Å². The van der Waals surface area contributed by atoms with Crippen LogP contribution in [0, 0.1) is 12.7 Å². The van der Waals surface area contributed by atoms with Crippen molar-refractivity contribution in [3.63, 3.8) is 0 Å². The number of rotatable bonds is 5. The Morgan fingerprint density at radius 1 is 1.21 bits per heavy atom. The molecule has 2 aromatic rings. The lowest BCUT2D eigenvalue weighted by Gasteiger charge is -2.33. The van der Waals surface area contributed by atoms with Crippen LogP contribution >= 0.6 is 11.6 Å². The number of hydrogen-bond acceptors (Lipinski definition) is 5. The molecule has 1 unspecified atom stereocenters. The maximum atomic E-state index is 13.5. The van der Waals surface area contributed by atoms with Gasteiger partial charge in [-0.3, -0.25) is 14.5 Å². The molecular formula is C19H21ClFN3O4. The van der Waals surface area contributed by atoms with Gasteiger partial charge in [-0.05, 0) is 37.3 Å². The molecule has 1 aliphatic rings. The Labute approximate surface area is 166 Å². The molecule has 1 aliphatic heterocycles. The molecular weight excluding hydrogens is 389 g/mol. The van der Waals surface area contributed by atoms with Gasteiger partial charge in [-0.25, -0.2) is 4.39 Å². The van der Waals surface area contributed by atoms with E-state index in [1.807, 2.05) is 19.1 Å². The van der Waals surface area contributed by atoms with E-state index in [2.05, 4.69) is 15.5 Å². The molecule has 1 atom stereocenters. The van der Waals surface area contributed by atoms with Gasteiger partial charge in [0.1, 0.15) is 17.3 Å². The summed E-state index contributed by atoms with van der Waals surface area (Å²) in [5, 5.41) is 4.91. The number of carbonyl (C=O) groups is 2. The van der Waals surface area contributed by atoms with Crippen molar-refractivity contribution in [1.82, 2.24) is 10.2 Å². The number of morpholine rings is 1. The predicted molar refractivity (Wildman–Crippen MR) is 102 cm³/mol. The summed E-state index contributed by atoms with van der Waals surface area (Å²) in [6.07, 6.45) is 0. The van der Waals surface area contributed by atoms with Gasteiger partial charge in [0.15, 0.2) is 0 Å². The van der Waals surface area contributed by atoms with Crippen LogP contribution < -0.4 is 10.6 Å². The van der Waals surface area contributed by atoms with Crippen LogP contribution in [-0.2, 0) is 14.3 Å². The number of nitrogens with zero attached hydrogens (tertiary/aromatic N) is 1. The van der Waals surface area contributed by atoms with Gasteiger partial charge in [-0.2, -0.15) is 0 Å². The molecule has 150 valence electrons. The Morgan fingerprint density at radius 3 is 2.61 bits per heavy atom. The number of nitrogens with one attached hydrogen (secondary N) is 2. The molecule has 0 saturated carbocycles. The third-order valence-electron chi connectivity index (χ3n) is 4.42. The van der Waals surface area contributed by atoms with Crippen LogP contribution in [0.25, 0.3) is 0 Å². The zero-order valence-electron chi connectivity index (χ0n) is 15.3. The van der Waals surface area contributed by atoms with Gasteiger partial charge in [0.05, 0.1) is 24.3 Å². The zero-order chi connectivity index (χ0) is 20.1. The van der Waals surface area contributed by atoms with Gasteiger partial charge in [0.2, 0.25) is 0 Å². The van der Waals surface area contributed by atoms with Gasteiger partial charge in [0.25, 0.3) is 0 Å². The first-order valence-electron chi connectivity index (χ1n) is 8.86. The third kappa shape index (κ3) is 5.09. The van der Waals surface area contributed by atoms with Gasteiger partial charge < -0.3 is 19.8 Å². The van der Waals surface area contributed by atoms with Crippen molar-refractivity contribution in [3.8, 4) is 0 Å². The second-order valence-corrected chi connectivity index (χ2v) is 6.81. The first-order chi connectivity index (χ1) is 13.4. The molecule has 28 heavy (non-hydrogen) atoms. The highest BCUT2D eigenvalue weighted by atomic mass is 35.5. The number of carbonyl (C=O) groups excluding carboxylic acids is 2. The van der Waals surface area contributed by atoms with E-state index in [1.54, 1.807) is 0 Å². The van der Waals surface area contributed by atoms with E-state index in [0.717, 1.165) is 11.8 Å². The molecule has 3 rings (SSSR count). The number of amides is 2. The molecule has 1 saturated heterocycles. The fourth-order valence-electron chi connectivity index (χ4n) is 2.96. The second kappa shape index (κ2) is 9.18. The van der Waals surface area contributed by atoms with Crippen LogP contribution in [0.2, 0.25) is 5.02 Å². The lowest BCUT2D eigenvalue weighted by Crippen LogP contribution is -2.45. The van der Waals surface area contributed by atoms with Crippen molar-refractivity contribution in [2.75, 3.05) is 38.2 Å². The fraction of sp³-hybridized carbons (Fsp3) is 0.368. The quantitative estimate of drug-likeness (QED) is 0.741. The Kier molecular flexibility index (Phi) is 6.66. The Bertz CT molecular complexity index is 851. The van der Waals surface area contributed by atoms with Crippen molar-refractivity contribution < 1.29 is 23.1 Å². The number of benzene rings is 1. The predicted octanol–water partition coefficient (Wildman–Crippen LogP) is 2.51. The SMILES string of the molecule is Cc1ccc(C(CNC(=O)C(=O)Nc2ccc(Cl)c(F)c2)N2CCOCC2)o1. The fourth-order valence-corrected chi connectivity index (χ4v) is 3.08. The zero-order valence-corrected chi connectivity index (χ0v) is 16.1. The molecule has 2 N–H and O–H groups in total. The summed E-state index contributed by atoms with van der Waals surface area (Å²) < 4.78 is 24.6. The minimum Gasteiger partial charge on any atom is -0.465 e. The number of hydrogen-bond donors (Lipinski definition) is 2. The molecule has 1 fully saturated rings. The number of ether oxygens (including phenoxy) is 1. The number of halogens is 2. The van der Waals surface area contributed by atoms with E-state index in [1.165, 1.54) is 12.1 Å². The van der Waals surface area contributed by atoms with Crippen LogP contribution in [0.5, 0.6) is 0 Å². The first-order valence-corrected chi connectivity index (χ1v) is 9.24. The first kappa shape index (κ1) is 20.3. The highest BCUT2D eigenvalue weighted by Gasteiger charge is 2.26. The number of furan rings is 1. The molecule has 0 bridgehead atoms. The Hall–Kier alpha value is -2.42. The highest BCUT2D eigenvalue weighted by molar-refractivity contribution is 6.39. The summed E-state index contributed by atoms with van der Waals surface area (Å²) in [5.41, 5.74) is 0.147. The second-order valence-electron chi connectivity index (χ2n) is 6.41.